The van der Waals surface area contributed by atoms with Crippen LogP contribution in [0.3, 0.4) is 0 Å². The number of nitrogens with zero attached hydrogens (tertiary/aromatic N) is 1. The number of primary amides is 1. The van der Waals surface area contributed by atoms with Crippen LogP contribution in [0.15, 0.2) is 42.6 Å². The Labute approximate surface area is 134 Å². The van der Waals surface area contributed by atoms with Gasteiger partial charge in [-0.05, 0) is 30.2 Å². The molecule has 2 rings (SSSR count). The summed E-state index contributed by atoms with van der Waals surface area (Å²) in [5, 5.41) is 8.92. The topological polar surface area (TPSA) is 111 Å². The maximum absolute atomic E-state index is 11.1. The largest absolute Gasteiger partial charge is 0.457 e. The first kappa shape index (κ1) is 17.9. The fourth-order valence-corrected chi connectivity index (χ4v) is 1.81. The van der Waals surface area contributed by atoms with Gasteiger partial charge in [0.2, 0.25) is 0 Å². The number of pyridine rings is 1. The zero-order chi connectivity index (χ0) is 15.2. The van der Waals surface area contributed by atoms with Gasteiger partial charge in [0.25, 0.3) is 5.91 Å². The highest BCUT2D eigenvalue weighted by molar-refractivity contribution is 5.91. The summed E-state index contributed by atoms with van der Waals surface area (Å²) in [6, 6.07) is 10.2. The fourth-order valence-electron chi connectivity index (χ4n) is 1.81. The lowest BCUT2D eigenvalue weighted by Gasteiger charge is -2.10. The van der Waals surface area contributed by atoms with Crippen molar-refractivity contribution >= 4 is 18.3 Å². The van der Waals surface area contributed by atoms with Crippen LogP contribution < -0.4 is 16.2 Å². The van der Waals surface area contributed by atoms with Gasteiger partial charge in [0.05, 0.1) is 6.61 Å². The summed E-state index contributed by atoms with van der Waals surface area (Å²) in [6.45, 7) is -0.0504. The summed E-state index contributed by atoms with van der Waals surface area (Å²) in [5.74, 6) is 0.505. The third-order valence-corrected chi connectivity index (χ3v) is 2.88. The molecule has 0 radical (unpaired) electrons. The lowest BCUT2D eigenvalue weighted by molar-refractivity contribution is 0.0995. The molecule has 0 saturated carbocycles. The van der Waals surface area contributed by atoms with Gasteiger partial charge in [0, 0.05) is 18.3 Å². The maximum atomic E-state index is 11.1. The minimum Gasteiger partial charge on any atom is -0.457 e. The van der Waals surface area contributed by atoms with E-state index in [1.807, 2.05) is 12.1 Å². The average molecular weight is 324 g/mol. The monoisotopic (exact) mass is 323 g/mol. The van der Waals surface area contributed by atoms with Crippen molar-refractivity contribution in [3.8, 4) is 11.5 Å². The Morgan fingerprint density at radius 2 is 1.91 bits per heavy atom. The number of aliphatic hydroxyl groups excluding tert-OH is 1. The third kappa shape index (κ3) is 5.00. The molecule has 1 aromatic heterocycles. The molecule has 0 aliphatic heterocycles. The summed E-state index contributed by atoms with van der Waals surface area (Å²) in [6.07, 6.45) is 2.06. The molecule has 1 heterocycles. The molecule has 1 aromatic carbocycles. The van der Waals surface area contributed by atoms with Crippen LogP contribution in [0.4, 0.5) is 0 Å². The van der Waals surface area contributed by atoms with E-state index in [1.165, 1.54) is 12.3 Å². The molecule has 2 aromatic rings. The number of carbonyl (C=O) groups excluding carboxylic acids is 1. The summed E-state index contributed by atoms with van der Waals surface area (Å²) in [5.41, 5.74) is 12.0. The first-order chi connectivity index (χ1) is 10.1. The molecule has 0 aliphatic carbocycles. The molecule has 0 unspecified atom stereocenters. The number of hydrogen-bond donors (Lipinski definition) is 3. The second-order valence-corrected chi connectivity index (χ2v) is 4.63. The van der Waals surface area contributed by atoms with Crippen molar-refractivity contribution in [2.75, 3.05) is 6.61 Å². The highest BCUT2D eigenvalue weighted by Crippen LogP contribution is 2.22. The highest BCUT2D eigenvalue weighted by Gasteiger charge is 2.06. The van der Waals surface area contributed by atoms with Gasteiger partial charge < -0.3 is 21.3 Å². The van der Waals surface area contributed by atoms with Crippen LogP contribution in [-0.4, -0.2) is 28.6 Å². The van der Waals surface area contributed by atoms with Gasteiger partial charge in [-0.25, -0.2) is 0 Å². The van der Waals surface area contributed by atoms with E-state index in [0.717, 1.165) is 5.56 Å². The van der Waals surface area contributed by atoms with E-state index in [1.54, 1.807) is 18.2 Å². The van der Waals surface area contributed by atoms with Crippen LogP contribution in [0.1, 0.15) is 16.1 Å². The quantitative estimate of drug-likeness (QED) is 0.741. The second kappa shape index (κ2) is 8.33. The summed E-state index contributed by atoms with van der Waals surface area (Å²) in [4.78, 5) is 14.9. The molecule has 5 N–H and O–H groups in total. The Hall–Kier alpha value is -2.15. The van der Waals surface area contributed by atoms with E-state index in [2.05, 4.69) is 4.98 Å². The lowest BCUT2D eigenvalue weighted by Crippen LogP contribution is -2.26. The SMILES string of the molecule is Cl.NC(=O)c1cc(Oc2ccc(C[C@H](N)CO)cc2)ccn1. The molecule has 118 valence electrons. The van der Waals surface area contributed by atoms with Crippen LogP contribution in [0, 0.1) is 0 Å². The molecule has 1 amide bonds. The number of nitrogens with two attached hydrogens (primary N) is 2. The van der Waals surface area contributed by atoms with Crippen molar-refractivity contribution in [3.63, 3.8) is 0 Å². The van der Waals surface area contributed by atoms with E-state index in [-0.39, 0.29) is 30.7 Å². The van der Waals surface area contributed by atoms with Crippen LogP contribution >= 0.6 is 12.4 Å². The second-order valence-electron chi connectivity index (χ2n) is 4.63. The molecule has 0 fully saturated rings. The Morgan fingerprint density at radius 1 is 1.23 bits per heavy atom. The minimum absolute atomic E-state index is 0. The van der Waals surface area contributed by atoms with Crippen LogP contribution in [0.5, 0.6) is 11.5 Å². The standard InChI is InChI=1S/C15H17N3O3.ClH/c16-11(9-19)7-10-1-3-12(4-2-10)21-13-5-6-18-14(8-13)15(17)20;/h1-6,8,11,19H,7,9,16H2,(H2,17,20);1H/t11-;/m0./s1. The van der Waals surface area contributed by atoms with Gasteiger partial charge in [-0.1, -0.05) is 12.1 Å². The number of amides is 1. The predicted octanol–water partition coefficient (Wildman–Crippen LogP) is 1.26. The van der Waals surface area contributed by atoms with E-state index >= 15 is 0 Å². The Kier molecular flexibility index (Phi) is 6.78. The molecule has 0 spiro atoms. The highest BCUT2D eigenvalue weighted by atomic mass is 35.5. The van der Waals surface area contributed by atoms with Gasteiger partial charge in [-0.15, -0.1) is 12.4 Å². The molecular formula is C15H18ClN3O3. The van der Waals surface area contributed by atoms with Gasteiger partial charge in [-0.2, -0.15) is 0 Å². The Bertz CT molecular complexity index is 620. The van der Waals surface area contributed by atoms with Crippen molar-refractivity contribution in [3.05, 3.63) is 53.9 Å². The third-order valence-electron chi connectivity index (χ3n) is 2.88. The summed E-state index contributed by atoms with van der Waals surface area (Å²) in [7, 11) is 0. The molecular weight excluding hydrogens is 306 g/mol. The van der Waals surface area contributed by atoms with Crippen molar-refractivity contribution in [1.29, 1.82) is 0 Å². The molecule has 0 bridgehead atoms. The number of benzene rings is 1. The van der Waals surface area contributed by atoms with Crippen molar-refractivity contribution in [2.45, 2.75) is 12.5 Å². The number of rotatable bonds is 6. The normalized spacial score (nSPS) is 11.4. The number of aromatic nitrogens is 1. The van der Waals surface area contributed by atoms with Crippen molar-refractivity contribution in [2.24, 2.45) is 11.5 Å². The predicted molar refractivity (Wildman–Crippen MR) is 85.3 cm³/mol. The Morgan fingerprint density at radius 3 is 2.50 bits per heavy atom. The van der Waals surface area contributed by atoms with E-state index in [9.17, 15) is 4.79 Å². The fraction of sp³-hybridized carbons (Fsp3) is 0.200. The number of carbonyl (C=O) groups is 1. The number of hydrogen-bond acceptors (Lipinski definition) is 5. The van der Waals surface area contributed by atoms with Gasteiger partial charge in [0.1, 0.15) is 17.2 Å². The number of ether oxygens (including phenoxy) is 1. The molecule has 0 saturated heterocycles. The van der Waals surface area contributed by atoms with Crippen LogP contribution in [-0.2, 0) is 6.42 Å². The van der Waals surface area contributed by atoms with Crippen molar-refractivity contribution < 1.29 is 14.6 Å². The average Bonchev–Trinajstić information content (AvgIpc) is 2.49. The smallest absolute Gasteiger partial charge is 0.267 e. The van der Waals surface area contributed by atoms with E-state index in [0.29, 0.717) is 17.9 Å². The number of halogens is 1. The van der Waals surface area contributed by atoms with Gasteiger partial charge in [0.15, 0.2) is 0 Å². The molecule has 22 heavy (non-hydrogen) atoms. The van der Waals surface area contributed by atoms with Crippen LogP contribution in [0.25, 0.3) is 0 Å². The summed E-state index contributed by atoms with van der Waals surface area (Å²) >= 11 is 0. The van der Waals surface area contributed by atoms with E-state index < -0.39 is 5.91 Å². The first-order valence-corrected chi connectivity index (χ1v) is 6.47. The molecule has 6 nitrogen and oxygen atoms in total. The molecule has 1 atom stereocenters. The van der Waals surface area contributed by atoms with Gasteiger partial charge >= 0.3 is 0 Å². The zero-order valence-corrected chi connectivity index (χ0v) is 12.6. The van der Waals surface area contributed by atoms with Gasteiger partial charge in [-0.3, -0.25) is 9.78 Å². The number of aliphatic hydroxyl groups is 1. The van der Waals surface area contributed by atoms with E-state index in [4.69, 9.17) is 21.3 Å². The zero-order valence-electron chi connectivity index (χ0n) is 11.8. The lowest BCUT2D eigenvalue weighted by atomic mass is 10.1. The minimum atomic E-state index is -0.603. The first-order valence-electron chi connectivity index (χ1n) is 6.47. The Balaban J connectivity index is 0.00000242. The molecule has 7 heteroatoms. The maximum Gasteiger partial charge on any atom is 0.267 e. The van der Waals surface area contributed by atoms with Crippen molar-refractivity contribution in [1.82, 2.24) is 4.98 Å². The summed E-state index contributed by atoms with van der Waals surface area (Å²) < 4.78 is 5.63. The van der Waals surface area contributed by atoms with Crippen LogP contribution in [0.2, 0.25) is 0 Å². The molecule has 0 aliphatic rings.